The Morgan fingerprint density at radius 1 is 1.06 bits per heavy atom. The van der Waals surface area contributed by atoms with Crippen LogP contribution in [0.15, 0.2) is 54.2 Å². The van der Waals surface area contributed by atoms with Crippen molar-refractivity contribution in [3.05, 3.63) is 69.8 Å². The van der Waals surface area contributed by atoms with Crippen LogP contribution in [0.25, 0.3) is 28.2 Å². The van der Waals surface area contributed by atoms with Gasteiger partial charge in [-0.1, -0.05) is 41.4 Å². The zero-order valence-electron chi connectivity index (χ0n) is 17.0. The monoisotopic (exact) mass is 457 g/mol. The standard InChI is InChI=1S/C23H20Cl2N2O4/c1-23(2,3)31-22(30)27-19(21(28)29)12-13-7-9-17-14(11-13)8-10-18(26-17)20-15(24)5-4-6-16(20)25/h4-12H,1-3H3,(H,27,30)(H,28,29)/p-1. The van der Waals surface area contributed by atoms with E-state index in [1.165, 1.54) is 6.08 Å². The van der Waals surface area contributed by atoms with Gasteiger partial charge in [0.1, 0.15) is 5.60 Å². The van der Waals surface area contributed by atoms with Crippen molar-refractivity contribution in [1.29, 1.82) is 0 Å². The van der Waals surface area contributed by atoms with Gasteiger partial charge >= 0.3 is 6.09 Å². The van der Waals surface area contributed by atoms with Crippen LogP contribution in [0.1, 0.15) is 26.3 Å². The van der Waals surface area contributed by atoms with Crippen molar-refractivity contribution in [3.8, 4) is 11.3 Å². The largest absolute Gasteiger partial charge is 0.543 e. The van der Waals surface area contributed by atoms with Crippen LogP contribution < -0.4 is 10.4 Å². The second-order valence-corrected chi connectivity index (χ2v) is 8.53. The number of nitrogens with zero attached hydrogens (tertiary/aromatic N) is 1. The van der Waals surface area contributed by atoms with E-state index >= 15 is 0 Å². The summed E-state index contributed by atoms with van der Waals surface area (Å²) in [4.78, 5) is 28.0. The molecular weight excluding hydrogens is 439 g/mol. The number of carboxylic acids is 1. The number of aromatic nitrogens is 1. The van der Waals surface area contributed by atoms with E-state index in [4.69, 9.17) is 27.9 Å². The molecule has 0 radical (unpaired) electrons. The molecule has 31 heavy (non-hydrogen) atoms. The topological polar surface area (TPSA) is 91.3 Å². The van der Waals surface area contributed by atoms with Crippen LogP contribution in [-0.4, -0.2) is 22.6 Å². The average molecular weight is 458 g/mol. The SMILES string of the molecule is CC(C)(C)OC(=O)NC(=Cc1ccc2nc(-c3c(Cl)cccc3Cl)ccc2c1)C(=O)[O-]. The molecule has 0 saturated carbocycles. The zero-order chi connectivity index (χ0) is 22.8. The van der Waals surface area contributed by atoms with Gasteiger partial charge < -0.3 is 14.6 Å². The molecule has 3 aromatic rings. The Morgan fingerprint density at radius 2 is 1.74 bits per heavy atom. The van der Waals surface area contributed by atoms with Gasteiger partial charge in [0, 0.05) is 10.9 Å². The molecule has 0 aliphatic carbocycles. The van der Waals surface area contributed by atoms with Gasteiger partial charge in [-0.3, -0.25) is 5.32 Å². The molecule has 160 valence electrons. The maximum absolute atomic E-state index is 11.9. The minimum Gasteiger partial charge on any atom is -0.543 e. The second kappa shape index (κ2) is 8.96. The molecule has 0 aliphatic rings. The Hall–Kier alpha value is -3.09. The van der Waals surface area contributed by atoms with E-state index < -0.39 is 23.4 Å². The van der Waals surface area contributed by atoms with Crippen LogP contribution >= 0.6 is 23.2 Å². The molecule has 0 fully saturated rings. The third kappa shape index (κ3) is 5.75. The van der Waals surface area contributed by atoms with E-state index in [1.54, 1.807) is 63.2 Å². The number of aliphatic carboxylic acids is 1. The van der Waals surface area contributed by atoms with Gasteiger partial charge in [-0.15, -0.1) is 0 Å². The van der Waals surface area contributed by atoms with Crippen LogP contribution in [0.5, 0.6) is 0 Å². The minimum atomic E-state index is -1.53. The Bertz CT molecular complexity index is 1180. The number of alkyl carbamates (subject to hydrolysis) is 1. The Kier molecular flexibility index (Phi) is 6.53. The molecular formula is C23H19Cl2N2O4-. The fourth-order valence-corrected chi connectivity index (χ4v) is 3.43. The number of carboxylic acid groups (broad SMARTS) is 1. The number of pyridine rings is 1. The maximum Gasteiger partial charge on any atom is 0.412 e. The molecule has 0 bridgehead atoms. The molecule has 1 amide bonds. The molecule has 1 aromatic heterocycles. The minimum absolute atomic E-state index is 0.416. The summed E-state index contributed by atoms with van der Waals surface area (Å²) in [6.07, 6.45) is 0.407. The molecule has 1 N–H and O–H groups in total. The van der Waals surface area contributed by atoms with Crippen molar-refractivity contribution in [2.24, 2.45) is 0 Å². The Balaban J connectivity index is 1.93. The lowest BCUT2D eigenvalue weighted by Crippen LogP contribution is -2.38. The number of hydrogen-bond acceptors (Lipinski definition) is 5. The Morgan fingerprint density at radius 3 is 2.35 bits per heavy atom. The van der Waals surface area contributed by atoms with Gasteiger partial charge in [0.2, 0.25) is 0 Å². The number of fused-ring (bicyclic) bond motifs is 1. The van der Waals surface area contributed by atoms with Crippen LogP contribution in [0.2, 0.25) is 10.0 Å². The first-order chi connectivity index (χ1) is 14.5. The van der Waals surface area contributed by atoms with Crippen molar-refractivity contribution in [2.75, 3.05) is 0 Å². The molecule has 0 atom stereocenters. The van der Waals surface area contributed by atoms with Crippen molar-refractivity contribution < 1.29 is 19.4 Å². The number of carbonyl (C=O) groups is 2. The Labute approximate surface area is 189 Å². The predicted octanol–water partition coefficient (Wildman–Crippen LogP) is 4.82. The van der Waals surface area contributed by atoms with E-state index in [0.29, 0.717) is 32.4 Å². The average Bonchev–Trinajstić information content (AvgIpc) is 2.65. The van der Waals surface area contributed by atoms with E-state index in [-0.39, 0.29) is 0 Å². The number of nitrogens with one attached hydrogen (secondary N) is 1. The number of benzene rings is 2. The fourth-order valence-electron chi connectivity index (χ4n) is 2.84. The lowest BCUT2D eigenvalue weighted by molar-refractivity contribution is -0.299. The quantitative estimate of drug-likeness (QED) is 0.566. The van der Waals surface area contributed by atoms with E-state index in [9.17, 15) is 14.7 Å². The third-order valence-corrected chi connectivity index (χ3v) is 4.73. The molecule has 0 saturated heterocycles. The summed E-state index contributed by atoms with van der Waals surface area (Å²) in [5.41, 5.74) is 1.28. The number of rotatable bonds is 4. The van der Waals surface area contributed by atoms with Crippen LogP contribution in [0.4, 0.5) is 4.79 Å². The van der Waals surface area contributed by atoms with Gasteiger partial charge in [-0.05, 0) is 62.7 Å². The molecule has 1 heterocycles. The first-order valence-electron chi connectivity index (χ1n) is 9.32. The highest BCUT2D eigenvalue weighted by molar-refractivity contribution is 6.39. The second-order valence-electron chi connectivity index (χ2n) is 7.72. The van der Waals surface area contributed by atoms with E-state index in [1.807, 2.05) is 6.07 Å². The fraction of sp³-hybridized carbons (Fsp3) is 0.174. The van der Waals surface area contributed by atoms with Gasteiger partial charge in [0.25, 0.3) is 0 Å². The van der Waals surface area contributed by atoms with Crippen LogP contribution in [-0.2, 0) is 9.53 Å². The molecule has 0 spiro atoms. The summed E-state index contributed by atoms with van der Waals surface area (Å²) >= 11 is 12.5. The van der Waals surface area contributed by atoms with Gasteiger partial charge in [0.15, 0.2) is 0 Å². The number of halogens is 2. The first-order valence-corrected chi connectivity index (χ1v) is 10.1. The van der Waals surface area contributed by atoms with Crippen molar-refractivity contribution >= 4 is 52.2 Å². The number of carbonyl (C=O) groups excluding carboxylic acids is 2. The number of ether oxygens (including phenoxy) is 1. The number of hydrogen-bond donors (Lipinski definition) is 1. The highest BCUT2D eigenvalue weighted by Crippen LogP contribution is 2.34. The first kappa shape index (κ1) is 22.6. The van der Waals surface area contributed by atoms with Crippen LogP contribution in [0.3, 0.4) is 0 Å². The van der Waals surface area contributed by atoms with E-state index in [0.717, 1.165) is 5.39 Å². The summed E-state index contributed by atoms with van der Waals surface area (Å²) in [6, 6.07) is 14.0. The molecule has 0 unspecified atom stereocenters. The normalized spacial score (nSPS) is 12.0. The highest BCUT2D eigenvalue weighted by atomic mass is 35.5. The summed E-state index contributed by atoms with van der Waals surface area (Å²) < 4.78 is 5.09. The van der Waals surface area contributed by atoms with E-state index in [2.05, 4.69) is 10.3 Å². The van der Waals surface area contributed by atoms with Gasteiger partial charge in [0.05, 0.1) is 32.9 Å². The molecule has 8 heteroatoms. The smallest absolute Gasteiger partial charge is 0.412 e. The summed E-state index contributed by atoms with van der Waals surface area (Å²) in [7, 11) is 0. The van der Waals surface area contributed by atoms with Gasteiger partial charge in [-0.25, -0.2) is 9.78 Å². The van der Waals surface area contributed by atoms with Gasteiger partial charge in [-0.2, -0.15) is 0 Å². The zero-order valence-corrected chi connectivity index (χ0v) is 18.5. The lowest BCUT2D eigenvalue weighted by atomic mass is 10.1. The predicted molar refractivity (Wildman–Crippen MR) is 120 cm³/mol. The number of amides is 1. The molecule has 3 rings (SSSR count). The third-order valence-electron chi connectivity index (χ3n) is 4.10. The van der Waals surface area contributed by atoms with Crippen LogP contribution in [0, 0.1) is 0 Å². The summed E-state index contributed by atoms with van der Waals surface area (Å²) in [5.74, 6) is -1.53. The highest BCUT2D eigenvalue weighted by Gasteiger charge is 2.17. The molecule has 2 aromatic carbocycles. The molecule has 6 nitrogen and oxygen atoms in total. The van der Waals surface area contributed by atoms with Crippen molar-refractivity contribution in [2.45, 2.75) is 26.4 Å². The summed E-state index contributed by atoms with van der Waals surface area (Å²) in [5, 5.41) is 15.4. The lowest BCUT2D eigenvalue weighted by Gasteiger charge is -2.20. The summed E-state index contributed by atoms with van der Waals surface area (Å²) in [6.45, 7) is 5.03. The van der Waals surface area contributed by atoms with Crippen molar-refractivity contribution in [3.63, 3.8) is 0 Å². The molecule has 0 aliphatic heterocycles. The maximum atomic E-state index is 11.9. The van der Waals surface area contributed by atoms with Crippen molar-refractivity contribution in [1.82, 2.24) is 10.3 Å².